The summed E-state index contributed by atoms with van der Waals surface area (Å²) in [6, 6.07) is 0. The van der Waals surface area contributed by atoms with Crippen LogP contribution in [0.5, 0.6) is 0 Å². The molecule has 0 fully saturated rings. The number of nitrogens with two attached hydrogens (primary N) is 1. The van der Waals surface area contributed by atoms with Crippen LogP contribution in [0.25, 0.3) is 0 Å². The van der Waals surface area contributed by atoms with Crippen molar-refractivity contribution in [2.24, 2.45) is 11.1 Å². The van der Waals surface area contributed by atoms with E-state index in [0.717, 1.165) is 12.3 Å². The summed E-state index contributed by atoms with van der Waals surface area (Å²) >= 11 is 0. The van der Waals surface area contributed by atoms with Crippen LogP contribution < -0.4 is 5.73 Å². The molecule has 12 heavy (non-hydrogen) atoms. The minimum atomic E-state index is -2.17. The smallest absolute Gasteiger partial charge is 0.171 e. The Morgan fingerprint density at radius 1 is 1.25 bits per heavy atom. The summed E-state index contributed by atoms with van der Waals surface area (Å²) in [6.07, 6.45) is 1.59. The molecule has 0 unspecified atom stereocenters. The molecule has 0 heterocycles. The molecule has 0 aromatic heterocycles. The average Bonchev–Trinajstić information content (AvgIpc) is 2.09. The van der Waals surface area contributed by atoms with Gasteiger partial charge in [-0.25, -0.2) is 13.2 Å². The molecule has 2 nitrogen and oxygen atoms in total. The molecule has 2 N–H and O–H groups in total. The zero-order chi connectivity index (χ0) is 9.61. The normalized spacial score (nSPS) is 12.2. The molecule has 0 spiro atoms. The lowest BCUT2D eigenvalue weighted by molar-refractivity contribution is -0.126. The van der Waals surface area contributed by atoms with Crippen LogP contribution in [0.1, 0.15) is 0 Å². The van der Waals surface area contributed by atoms with Crippen LogP contribution in [0.2, 0.25) is 0 Å². The van der Waals surface area contributed by atoms with Crippen molar-refractivity contribution in [1.29, 1.82) is 0 Å². The van der Waals surface area contributed by atoms with Gasteiger partial charge in [0, 0.05) is 0 Å². The number of allylic oxidation sites excluding steroid dienone is 1. The van der Waals surface area contributed by atoms with E-state index in [1.807, 2.05) is 0 Å². The van der Waals surface area contributed by atoms with Gasteiger partial charge in [-0.1, -0.05) is 0 Å². The number of carbonyl (C=O) groups is 1. The molecule has 5 heteroatoms. The third kappa shape index (κ3) is 1.99. The minimum absolute atomic E-state index is 0.763. The zero-order valence-electron chi connectivity index (χ0n) is 6.40. The van der Waals surface area contributed by atoms with Gasteiger partial charge in [-0.2, -0.15) is 0 Å². The van der Waals surface area contributed by atoms with Crippen LogP contribution >= 0.6 is 0 Å². The lowest BCUT2D eigenvalue weighted by Crippen LogP contribution is -2.37. The van der Waals surface area contributed by atoms with E-state index in [1.165, 1.54) is 0 Å². The van der Waals surface area contributed by atoms with Gasteiger partial charge >= 0.3 is 0 Å². The van der Waals surface area contributed by atoms with E-state index in [4.69, 9.17) is 5.73 Å². The second-order valence-corrected chi connectivity index (χ2v) is 2.40. The van der Waals surface area contributed by atoms with Gasteiger partial charge < -0.3 is 5.73 Å². The molecule has 0 saturated carbocycles. The van der Waals surface area contributed by atoms with Crippen molar-refractivity contribution in [3.8, 4) is 0 Å². The van der Waals surface area contributed by atoms with Crippen molar-refractivity contribution >= 4 is 5.78 Å². The summed E-state index contributed by atoms with van der Waals surface area (Å²) in [7, 11) is 0. The third-order valence-electron chi connectivity index (χ3n) is 1.54. The predicted molar refractivity (Wildman–Crippen MR) is 38.7 cm³/mol. The van der Waals surface area contributed by atoms with Gasteiger partial charge in [0.25, 0.3) is 0 Å². The summed E-state index contributed by atoms with van der Waals surface area (Å²) in [6.45, 7) is -4.07. The van der Waals surface area contributed by atoms with E-state index in [1.54, 1.807) is 0 Å². The molecule has 0 radical (unpaired) electrons. The standard InChI is InChI=1S/C7H10F3NO/c8-3-7(4-9,5-10)6(12)1-2-11/h1-2H,3-5,11H2/b2-1+. The maximum atomic E-state index is 12.1. The molecule has 0 amide bonds. The van der Waals surface area contributed by atoms with E-state index in [0.29, 0.717) is 0 Å². The van der Waals surface area contributed by atoms with Gasteiger partial charge in [0.2, 0.25) is 0 Å². The van der Waals surface area contributed by atoms with Crippen molar-refractivity contribution in [1.82, 2.24) is 0 Å². The molecule has 0 saturated heterocycles. The highest BCUT2D eigenvalue weighted by Gasteiger charge is 2.37. The first-order chi connectivity index (χ1) is 5.66. The number of halogens is 3. The summed E-state index contributed by atoms with van der Waals surface area (Å²) in [5, 5.41) is 0. The second-order valence-electron chi connectivity index (χ2n) is 2.40. The summed E-state index contributed by atoms with van der Waals surface area (Å²) in [5.41, 5.74) is 2.65. The molecule has 0 aromatic carbocycles. The van der Waals surface area contributed by atoms with Crippen molar-refractivity contribution in [2.45, 2.75) is 0 Å². The summed E-state index contributed by atoms with van der Waals surface area (Å²) in [5.74, 6) is -0.961. The molecule has 70 valence electrons. The van der Waals surface area contributed by atoms with Gasteiger partial charge in [-0.3, -0.25) is 4.79 Å². The van der Waals surface area contributed by atoms with Crippen LogP contribution in [0, 0.1) is 5.41 Å². The van der Waals surface area contributed by atoms with Gasteiger partial charge in [0.15, 0.2) is 5.78 Å². The Morgan fingerprint density at radius 3 is 1.92 bits per heavy atom. The van der Waals surface area contributed by atoms with Crippen LogP contribution in [0.15, 0.2) is 12.3 Å². The Balaban J connectivity index is 4.58. The van der Waals surface area contributed by atoms with Crippen molar-refractivity contribution in [3.05, 3.63) is 12.3 Å². The summed E-state index contributed by atoms with van der Waals surface area (Å²) < 4.78 is 36.3. The number of hydrogen-bond donors (Lipinski definition) is 1. The Kier molecular flexibility index (Phi) is 4.39. The fourth-order valence-electron chi connectivity index (χ4n) is 0.569. The quantitative estimate of drug-likeness (QED) is 0.641. The first kappa shape index (κ1) is 11.0. The van der Waals surface area contributed by atoms with E-state index >= 15 is 0 Å². The van der Waals surface area contributed by atoms with Crippen molar-refractivity contribution in [3.63, 3.8) is 0 Å². The van der Waals surface area contributed by atoms with Crippen LogP contribution in [0.4, 0.5) is 13.2 Å². The highest BCUT2D eigenvalue weighted by Crippen LogP contribution is 2.21. The zero-order valence-corrected chi connectivity index (χ0v) is 6.40. The lowest BCUT2D eigenvalue weighted by atomic mass is 9.88. The van der Waals surface area contributed by atoms with Gasteiger partial charge in [-0.05, 0) is 12.3 Å². The molecule has 0 aliphatic rings. The number of rotatable bonds is 5. The number of hydrogen-bond acceptors (Lipinski definition) is 2. The first-order valence-electron chi connectivity index (χ1n) is 3.27. The van der Waals surface area contributed by atoms with Crippen molar-refractivity contribution < 1.29 is 18.0 Å². The van der Waals surface area contributed by atoms with Crippen LogP contribution in [-0.2, 0) is 4.79 Å². The van der Waals surface area contributed by atoms with Gasteiger partial charge in [0.1, 0.15) is 25.4 Å². The Hall–Kier alpha value is -1.00. The number of carbonyl (C=O) groups excluding carboxylic acids is 1. The van der Waals surface area contributed by atoms with E-state index in [2.05, 4.69) is 0 Å². The SMILES string of the molecule is N/C=C/C(=O)C(CF)(CF)CF. The highest BCUT2D eigenvalue weighted by molar-refractivity contribution is 5.95. The number of ketones is 1. The Morgan fingerprint density at radius 2 is 1.67 bits per heavy atom. The molecule has 0 atom stereocenters. The molecule has 0 aromatic rings. The first-order valence-corrected chi connectivity index (χ1v) is 3.27. The van der Waals surface area contributed by atoms with Gasteiger partial charge in [-0.15, -0.1) is 0 Å². The van der Waals surface area contributed by atoms with Crippen molar-refractivity contribution in [2.75, 3.05) is 20.0 Å². The van der Waals surface area contributed by atoms with E-state index in [9.17, 15) is 18.0 Å². The highest BCUT2D eigenvalue weighted by atomic mass is 19.1. The number of alkyl halides is 3. The van der Waals surface area contributed by atoms with Gasteiger partial charge in [0.05, 0.1) is 0 Å². The third-order valence-corrected chi connectivity index (χ3v) is 1.54. The average molecular weight is 181 g/mol. The van der Waals surface area contributed by atoms with Crippen LogP contribution in [0.3, 0.4) is 0 Å². The summed E-state index contributed by atoms with van der Waals surface area (Å²) in [4.78, 5) is 10.9. The fourth-order valence-corrected chi connectivity index (χ4v) is 0.569. The van der Waals surface area contributed by atoms with Crippen LogP contribution in [-0.4, -0.2) is 25.8 Å². The molecule has 0 aliphatic carbocycles. The fraction of sp³-hybridized carbons (Fsp3) is 0.571. The van der Waals surface area contributed by atoms with E-state index in [-0.39, 0.29) is 0 Å². The molecule has 0 bridgehead atoms. The predicted octanol–water partition coefficient (Wildman–Crippen LogP) is 0.923. The Bertz CT molecular complexity index is 169. The second kappa shape index (κ2) is 4.79. The monoisotopic (exact) mass is 181 g/mol. The molecule has 0 rings (SSSR count). The maximum Gasteiger partial charge on any atom is 0.171 e. The maximum absolute atomic E-state index is 12.1. The van der Waals surface area contributed by atoms with E-state index < -0.39 is 31.2 Å². The Labute approximate surface area is 68.2 Å². The molecule has 0 aliphatic heterocycles. The topological polar surface area (TPSA) is 43.1 Å². The minimum Gasteiger partial charge on any atom is -0.404 e. The molecular weight excluding hydrogens is 171 g/mol. The lowest BCUT2D eigenvalue weighted by Gasteiger charge is -2.19. The molecular formula is C7H10F3NO. The largest absolute Gasteiger partial charge is 0.404 e.